The molecular weight excluding hydrogens is 401 g/mol. The van der Waals surface area contributed by atoms with Gasteiger partial charge in [0, 0.05) is 38.3 Å². The summed E-state index contributed by atoms with van der Waals surface area (Å²) < 4.78 is 44.8. The highest BCUT2D eigenvalue weighted by atomic mass is 35.5. The van der Waals surface area contributed by atoms with E-state index in [-0.39, 0.29) is 25.5 Å². The van der Waals surface area contributed by atoms with E-state index >= 15 is 0 Å². The summed E-state index contributed by atoms with van der Waals surface area (Å²) in [6.07, 6.45) is -4.45. The van der Waals surface area contributed by atoms with E-state index in [0.717, 1.165) is 0 Å². The Morgan fingerprint density at radius 3 is 2.32 bits per heavy atom. The van der Waals surface area contributed by atoms with Crippen LogP contribution in [0.5, 0.6) is 5.75 Å². The molecule has 0 aliphatic carbocycles. The van der Waals surface area contributed by atoms with Gasteiger partial charge >= 0.3 is 6.18 Å². The zero-order valence-electron chi connectivity index (χ0n) is 15.3. The van der Waals surface area contributed by atoms with Gasteiger partial charge in [0.2, 0.25) is 5.91 Å². The van der Waals surface area contributed by atoms with Crippen molar-refractivity contribution in [3.8, 4) is 5.75 Å². The number of rotatable bonds is 7. The van der Waals surface area contributed by atoms with Gasteiger partial charge in [-0.3, -0.25) is 14.5 Å². The van der Waals surface area contributed by atoms with Gasteiger partial charge in [-0.2, -0.15) is 13.2 Å². The first-order chi connectivity index (χ1) is 12.8. The predicted octanol–water partition coefficient (Wildman–Crippen LogP) is 0.799. The Morgan fingerprint density at radius 2 is 1.79 bits per heavy atom. The van der Waals surface area contributed by atoms with Crippen molar-refractivity contribution >= 4 is 24.2 Å². The zero-order chi connectivity index (χ0) is 19.9. The summed E-state index contributed by atoms with van der Waals surface area (Å²) in [5.41, 5.74) is 0.317. The van der Waals surface area contributed by atoms with Gasteiger partial charge in [-0.25, -0.2) is 0 Å². The van der Waals surface area contributed by atoms with Gasteiger partial charge < -0.3 is 20.7 Å². The number of nitrogens with one attached hydrogen (secondary N) is 3. The molecular formula is C17H24ClF3N4O3. The number of hydrogen-bond acceptors (Lipinski definition) is 5. The lowest BCUT2D eigenvalue weighted by atomic mass is 10.2. The third-order valence-electron chi connectivity index (χ3n) is 4.22. The normalized spacial score (nSPS) is 15.9. The smallest absolute Gasteiger partial charge is 0.405 e. The molecule has 3 N–H and O–H groups in total. The Morgan fingerprint density at radius 1 is 1.18 bits per heavy atom. The van der Waals surface area contributed by atoms with E-state index in [1.54, 1.807) is 12.1 Å². The van der Waals surface area contributed by atoms with Crippen LogP contribution in [-0.2, 0) is 4.79 Å². The van der Waals surface area contributed by atoms with Crippen LogP contribution < -0.4 is 20.7 Å². The van der Waals surface area contributed by atoms with Gasteiger partial charge in [0.05, 0.1) is 13.7 Å². The third-order valence-corrected chi connectivity index (χ3v) is 4.22. The van der Waals surface area contributed by atoms with Crippen LogP contribution in [0.3, 0.4) is 0 Å². The molecule has 1 saturated heterocycles. The number of piperazine rings is 1. The fraction of sp³-hybridized carbons (Fsp3) is 0.529. The summed E-state index contributed by atoms with van der Waals surface area (Å²) in [6.45, 7) is 0.497. The number of methoxy groups -OCH3 is 1. The van der Waals surface area contributed by atoms with Crippen LogP contribution in [0.15, 0.2) is 24.3 Å². The van der Waals surface area contributed by atoms with Crippen molar-refractivity contribution in [1.82, 2.24) is 20.9 Å². The van der Waals surface area contributed by atoms with E-state index in [1.807, 2.05) is 0 Å². The number of alkyl halides is 3. The summed E-state index contributed by atoms with van der Waals surface area (Å²) in [5.74, 6) is -0.598. The summed E-state index contributed by atoms with van der Waals surface area (Å²) in [7, 11) is 1.49. The first kappa shape index (κ1) is 24.0. The minimum atomic E-state index is -4.45. The molecule has 0 saturated carbocycles. The summed E-state index contributed by atoms with van der Waals surface area (Å²) in [4.78, 5) is 25.1. The molecule has 28 heavy (non-hydrogen) atoms. The molecule has 1 atom stereocenters. The molecule has 1 aliphatic rings. The highest BCUT2D eigenvalue weighted by Crippen LogP contribution is 2.24. The van der Waals surface area contributed by atoms with E-state index < -0.39 is 37.1 Å². The van der Waals surface area contributed by atoms with Crippen LogP contribution in [0.4, 0.5) is 13.2 Å². The lowest BCUT2D eigenvalue weighted by Crippen LogP contribution is -2.58. The summed E-state index contributed by atoms with van der Waals surface area (Å²) in [6, 6.07) is 4.49. The van der Waals surface area contributed by atoms with E-state index in [4.69, 9.17) is 4.74 Å². The molecule has 1 aromatic rings. The summed E-state index contributed by atoms with van der Waals surface area (Å²) >= 11 is 0. The number of ether oxygens (including phenoxy) is 1. The molecule has 0 radical (unpaired) electrons. The second-order valence-corrected chi connectivity index (χ2v) is 6.06. The largest absolute Gasteiger partial charge is 0.497 e. The number of carbonyl (C=O) groups is 2. The van der Waals surface area contributed by atoms with E-state index in [0.29, 0.717) is 24.4 Å². The molecule has 0 aromatic heterocycles. The Hall–Kier alpha value is -2.04. The second kappa shape index (κ2) is 11.1. The number of halogens is 4. The predicted molar refractivity (Wildman–Crippen MR) is 99.9 cm³/mol. The van der Waals surface area contributed by atoms with Crippen molar-refractivity contribution in [2.75, 3.05) is 46.4 Å². The number of nitrogens with zero attached hydrogens (tertiary/aromatic N) is 1. The molecule has 1 aromatic carbocycles. The molecule has 7 nitrogen and oxygen atoms in total. The number of carbonyl (C=O) groups excluding carboxylic acids is 2. The number of hydrogen-bond donors (Lipinski definition) is 3. The van der Waals surface area contributed by atoms with Crippen LogP contribution in [0.2, 0.25) is 0 Å². The van der Waals surface area contributed by atoms with Crippen LogP contribution in [0.1, 0.15) is 10.4 Å². The topological polar surface area (TPSA) is 82.7 Å². The number of benzene rings is 1. The molecule has 0 spiro atoms. The molecule has 11 heteroatoms. The van der Waals surface area contributed by atoms with Gasteiger partial charge in [0.15, 0.2) is 0 Å². The highest BCUT2D eigenvalue weighted by molar-refractivity contribution is 5.96. The van der Waals surface area contributed by atoms with Gasteiger partial charge in [-0.05, 0) is 24.3 Å². The van der Waals surface area contributed by atoms with Gasteiger partial charge in [-0.1, -0.05) is 0 Å². The first-order valence-electron chi connectivity index (χ1n) is 8.51. The maximum absolute atomic E-state index is 13.3. The van der Waals surface area contributed by atoms with E-state index in [2.05, 4.69) is 16.0 Å². The van der Waals surface area contributed by atoms with Crippen molar-refractivity contribution in [1.29, 1.82) is 0 Å². The Balaban J connectivity index is 0.00000392. The average molecular weight is 425 g/mol. The van der Waals surface area contributed by atoms with Crippen LogP contribution in [-0.4, -0.2) is 75.3 Å². The molecule has 1 unspecified atom stereocenters. The zero-order valence-corrected chi connectivity index (χ0v) is 16.2. The first-order valence-corrected chi connectivity index (χ1v) is 8.51. The second-order valence-electron chi connectivity index (χ2n) is 6.06. The maximum atomic E-state index is 13.3. The van der Waals surface area contributed by atoms with E-state index in [9.17, 15) is 22.8 Å². The van der Waals surface area contributed by atoms with Crippen molar-refractivity contribution in [3.05, 3.63) is 29.8 Å². The van der Waals surface area contributed by atoms with Crippen LogP contribution in [0, 0.1) is 0 Å². The van der Waals surface area contributed by atoms with Crippen molar-refractivity contribution in [2.45, 2.75) is 12.2 Å². The Bertz CT molecular complexity index is 638. The van der Waals surface area contributed by atoms with Gasteiger partial charge in [-0.15, -0.1) is 12.4 Å². The third kappa shape index (κ3) is 7.17. The van der Waals surface area contributed by atoms with Crippen molar-refractivity contribution in [2.24, 2.45) is 0 Å². The lowest BCUT2D eigenvalue weighted by Gasteiger charge is -2.35. The molecule has 1 fully saturated rings. The average Bonchev–Trinajstić information content (AvgIpc) is 2.66. The standard InChI is InChI=1S/C17H23F3N4O3.ClH/c1-27-13-4-2-12(3-5-13)16(26)23-11-15(25)22-10-14(17(18,19)20)24-8-6-21-7-9-24;/h2-5,14,21H,6-11H2,1H3,(H,22,25)(H,23,26);1H. The van der Waals surface area contributed by atoms with Gasteiger partial charge in [0.25, 0.3) is 5.91 Å². The van der Waals surface area contributed by atoms with Crippen molar-refractivity contribution < 1.29 is 27.5 Å². The highest BCUT2D eigenvalue weighted by Gasteiger charge is 2.43. The lowest BCUT2D eigenvalue weighted by molar-refractivity contribution is -0.184. The van der Waals surface area contributed by atoms with Crippen LogP contribution >= 0.6 is 12.4 Å². The molecule has 2 amide bonds. The molecule has 0 bridgehead atoms. The molecule has 158 valence electrons. The maximum Gasteiger partial charge on any atom is 0.405 e. The SMILES string of the molecule is COc1ccc(C(=O)NCC(=O)NCC(N2CCNCC2)C(F)(F)F)cc1.Cl. The fourth-order valence-corrected chi connectivity index (χ4v) is 2.72. The Kier molecular flexibility index (Phi) is 9.50. The number of amides is 2. The molecule has 1 aliphatic heterocycles. The minimum absolute atomic E-state index is 0. The molecule has 2 rings (SSSR count). The fourth-order valence-electron chi connectivity index (χ4n) is 2.72. The Labute approximate surface area is 167 Å². The molecule has 1 heterocycles. The monoisotopic (exact) mass is 424 g/mol. The van der Waals surface area contributed by atoms with E-state index in [1.165, 1.54) is 24.1 Å². The van der Waals surface area contributed by atoms with Crippen LogP contribution in [0.25, 0.3) is 0 Å². The van der Waals surface area contributed by atoms with Crippen molar-refractivity contribution in [3.63, 3.8) is 0 Å². The van der Waals surface area contributed by atoms with Gasteiger partial charge in [0.1, 0.15) is 11.8 Å². The minimum Gasteiger partial charge on any atom is -0.497 e. The quantitative estimate of drug-likeness (QED) is 0.603. The summed E-state index contributed by atoms with van der Waals surface area (Å²) in [5, 5.41) is 7.63.